The topological polar surface area (TPSA) is 78.4 Å². The lowest BCUT2D eigenvalue weighted by Gasteiger charge is -2.17. The minimum absolute atomic E-state index is 0.173. The second-order valence-electron chi connectivity index (χ2n) is 4.72. The summed E-state index contributed by atoms with van der Waals surface area (Å²) in [5.41, 5.74) is 0.554. The Hall–Kier alpha value is -1.08. The number of carboxylic acid groups (broad SMARTS) is 1. The molecular formula is C13H16Br2N2O3. The molecule has 5 nitrogen and oxygen atoms in total. The van der Waals surface area contributed by atoms with Crippen molar-refractivity contribution in [3.63, 3.8) is 0 Å². The summed E-state index contributed by atoms with van der Waals surface area (Å²) in [5.74, 6) is -0.869. The van der Waals surface area contributed by atoms with Crippen LogP contribution in [0.3, 0.4) is 0 Å². The van der Waals surface area contributed by atoms with Crippen LogP contribution in [0.1, 0.15) is 20.3 Å². The van der Waals surface area contributed by atoms with E-state index in [1.54, 1.807) is 12.1 Å². The number of hydrogen-bond donors (Lipinski definition) is 3. The summed E-state index contributed by atoms with van der Waals surface area (Å²) in [4.78, 5) is 23.0. The quantitative estimate of drug-likeness (QED) is 0.693. The van der Waals surface area contributed by atoms with Crippen LogP contribution in [0.5, 0.6) is 0 Å². The van der Waals surface area contributed by atoms with E-state index in [0.717, 1.165) is 0 Å². The summed E-state index contributed by atoms with van der Waals surface area (Å²) in [6.07, 6.45) is 0.375. The van der Waals surface area contributed by atoms with Crippen LogP contribution in [0.15, 0.2) is 27.1 Å². The van der Waals surface area contributed by atoms with Crippen LogP contribution in [0.25, 0.3) is 0 Å². The molecule has 0 saturated carbocycles. The maximum absolute atomic E-state index is 11.9. The number of nitrogens with one attached hydrogen (secondary N) is 2. The van der Waals surface area contributed by atoms with Crippen LogP contribution in [0.4, 0.5) is 10.5 Å². The van der Waals surface area contributed by atoms with Crippen LogP contribution < -0.4 is 10.6 Å². The zero-order valence-electron chi connectivity index (χ0n) is 11.1. The van der Waals surface area contributed by atoms with E-state index in [9.17, 15) is 9.59 Å². The average molecular weight is 408 g/mol. The van der Waals surface area contributed by atoms with Crippen molar-refractivity contribution < 1.29 is 14.7 Å². The smallest absolute Gasteiger partial charge is 0.326 e. The van der Waals surface area contributed by atoms with Gasteiger partial charge in [0, 0.05) is 8.95 Å². The molecule has 1 aromatic rings. The van der Waals surface area contributed by atoms with Crippen molar-refractivity contribution in [1.82, 2.24) is 5.32 Å². The molecule has 0 aliphatic rings. The van der Waals surface area contributed by atoms with Gasteiger partial charge in [0.1, 0.15) is 6.04 Å². The molecule has 0 aliphatic carbocycles. The van der Waals surface area contributed by atoms with Crippen molar-refractivity contribution in [3.05, 3.63) is 27.1 Å². The molecule has 0 heterocycles. The van der Waals surface area contributed by atoms with Gasteiger partial charge in [-0.05, 0) is 56.3 Å². The van der Waals surface area contributed by atoms with Gasteiger partial charge < -0.3 is 15.7 Å². The number of carbonyl (C=O) groups is 2. The van der Waals surface area contributed by atoms with E-state index in [4.69, 9.17) is 5.11 Å². The second kappa shape index (κ2) is 7.64. The van der Waals surface area contributed by atoms with E-state index in [0.29, 0.717) is 21.1 Å². The Labute approximate surface area is 134 Å². The van der Waals surface area contributed by atoms with E-state index < -0.39 is 18.0 Å². The predicted octanol–water partition coefficient (Wildman–Crippen LogP) is 3.83. The van der Waals surface area contributed by atoms with Crippen LogP contribution >= 0.6 is 31.9 Å². The third-order valence-corrected chi connectivity index (χ3v) is 3.83. The molecule has 1 unspecified atom stereocenters. The van der Waals surface area contributed by atoms with Crippen molar-refractivity contribution in [2.24, 2.45) is 5.92 Å². The Kier molecular flexibility index (Phi) is 6.48. The first-order valence-electron chi connectivity index (χ1n) is 6.05. The maximum atomic E-state index is 11.9. The highest BCUT2D eigenvalue weighted by atomic mass is 79.9. The normalized spacial score (nSPS) is 12.1. The van der Waals surface area contributed by atoms with E-state index >= 15 is 0 Å². The lowest BCUT2D eigenvalue weighted by Crippen LogP contribution is -2.43. The third-order valence-electron chi connectivity index (χ3n) is 2.51. The number of amides is 2. The molecule has 1 rings (SSSR count). The molecule has 2 amide bonds. The maximum Gasteiger partial charge on any atom is 0.326 e. The summed E-state index contributed by atoms with van der Waals surface area (Å²) < 4.78 is 1.41. The Balaban J connectivity index is 2.73. The van der Waals surface area contributed by atoms with Gasteiger partial charge in [0.25, 0.3) is 0 Å². The summed E-state index contributed by atoms with van der Waals surface area (Å²) in [6, 6.07) is 3.92. The Bertz CT molecular complexity index is 486. The van der Waals surface area contributed by atoms with E-state index in [-0.39, 0.29) is 5.92 Å². The number of benzene rings is 1. The summed E-state index contributed by atoms with van der Waals surface area (Å²) in [5, 5.41) is 14.2. The number of rotatable bonds is 5. The van der Waals surface area contributed by atoms with Gasteiger partial charge >= 0.3 is 12.0 Å². The van der Waals surface area contributed by atoms with Crippen molar-refractivity contribution >= 4 is 49.5 Å². The molecule has 0 radical (unpaired) electrons. The molecule has 0 aromatic heterocycles. The van der Waals surface area contributed by atoms with Gasteiger partial charge in [-0.15, -0.1) is 0 Å². The van der Waals surface area contributed by atoms with Gasteiger partial charge in [-0.1, -0.05) is 19.9 Å². The average Bonchev–Trinajstić information content (AvgIpc) is 2.32. The minimum Gasteiger partial charge on any atom is -0.480 e. The molecule has 3 N–H and O–H groups in total. The molecular weight excluding hydrogens is 392 g/mol. The van der Waals surface area contributed by atoms with Crippen LogP contribution in [-0.2, 0) is 4.79 Å². The first-order chi connectivity index (χ1) is 9.31. The summed E-state index contributed by atoms with van der Waals surface area (Å²) in [7, 11) is 0. The first kappa shape index (κ1) is 17.0. The number of carboxylic acids is 1. The summed E-state index contributed by atoms with van der Waals surface area (Å²) >= 11 is 6.64. The standard InChI is InChI=1S/C13H16Br2N2O3/c1-7(2)6-10(12(18)19)16-13(20)17-11-8(14)4-3-5-9(11)15/h3-5,7,10H,6H2,1-2H3,(H,18,19)(H2,16,17,20). The number of hydrogen-bond acceptors (Lipinski definition) is 2. The fourth-order valence-electron chi connectivity index (χ4n) is 1.62. The number of urea groups is 1. The third kappa shape index (κ3) is 5.13. The van der Waals surface area contributed by atoms with Crippen molar-refractivity contribution in [2.75, 3.05) is 5.32 Å². The van der Waals surface area contributed by atoms with Gasteiger partial charge in [0.2, 0.25) is 0 Å². The molecule has 0 saturated heterocycles. The summed E-state index contributed by atoms with van der Waals surface area (Å²) in [6.45, 7) is 3.81. The lowest BCUT2D eigenvalue weighted by molar-refractivity contribution is -0.139. The number of aliphatic carboxylic acids is 1. The molecule has 110 valence electrons. The first-order valence-corrected chi connectivity index (χ1v) is 7.64. The molecule has 1 atom stereocenters. The molecule has 20 heavy (non-hydrogen) atoms. The Morgan fingerprint density at radius 2 is 1.80 bits per heavy atom. The highest BCUT2D eigenvalue weighted by Crippen LogP contribution is 2.30. The Morgan fingerprint density at radius 3 is 2.25 bits per heavy atom. The van der Waals surface area contributed by atoms with Crippen molar-refractivity contribution in [1.29, 1.82) is 0 Å². The largest absolute Gasteiger partial charge is 0.480 e. The van der Waals surface area contributed by atoms with Crippen molar-refractivity contribution in [2.45, 2.75) is 26.3 Å². The van der Waals surface area contributed by atoms with Crippen LogP contribution in [-0.4, -0.2) is 23.1 Å². The molecule has 0 spiro atoms. The molecule has 0 bridgehead atoms. The molecule has 7 heteroatoms. The SMILES string of the molecule is CC(C)CC(NC(=O)Nc1c(Br)cccc1Br)C(=O)O. The van der Waals surface area contributed by atoms with Crippen molar-refractivity contribution in [3.8, 4) is 0 Å². The number of para-hydroxylation sites is 1. The fourth-order valence-corrected chi connectivity index (χ4v) is 2.81. The molecule has 0 fully saturated rings. The highest BCUT2D eigenvalue weighted by Gasteiger charge is 2.21. The second-order valence-corrected chi connectivity index (χ2v) is 6.42. The molecule has 0 aliphatic heterocycles. The van der Waals surface area contributed by atoms with Gasteiger partial charge in [0.15, 0.2) is 0 Å². The predicted molar refractivity (Wildman–Crippen MR) is 84.9 cm³/mol. The van der Waals surface area contributed by atoms with Gasteiger partial charge in [-0.25, -0.2) is 9.59 Å². The van der Waals surface area contributed by atoms with E-state index in [2.05, 4.69) is 42.5 Å². The van der Waals surface area contributed by atoms with E-state index in [1.807, 2.05) is 19.9 Å². The highest BCUT2D eigenvalue weighted by molar-refractivity contribution is 9.11. The number of anilines is 1. The molecule has 1 aromatic carbocycles. The zero-order valence-corrected chi connectivity index (χ0v) is 14.3. The Morgan fingerprint density at radius 1 is 1.25 bits per heavy atom. The monoisotopic (exact) mass is 406 g/mol. The fraction of sp³-hybridized carbons (Fsp3) is 0.385. The van der Waals surface area contributed by atoms with E-state index in [1.165, 1.54) is 0 Å². The van der Waals surface area contributed by atoms with Gasteiger partial charge in [0.05, 0.1) is 5.69 Å². The number of halogens is 2. The minimum atomic E-state index is -1.04. The lowest BCUT2D eigenvalue weighted by atomic mass is 10.0. The van der Waals surface area contributed by atoms with Gasteiger partial charge in [-0.3, -0.25) is 0 Å². The number of carbonyl (C=O) groups excluding carboxylic acids is 1. The van der Waals surface area contributed by atoms with Crippen LogP contribution in [0, 0.1) is 5.92 Å². The zero-order chi connectivity index (χ0) is 15.3. The van der Waals surface area contributed by atoms with Crippen LogP contribution in [0.2, 0.25) is 0 Å². The van der Waals surface area contributed by atoms with Gasteiger partial charge in [-0.2, -0.15) is 0 Å².